The van der Waals surface area contributed by atoms with E-state index >= 15 is 0 Å². The number of fused-ring (bicyclic) bond motifs is 1. The van der Waals surface area contributed by atoms with Crippen molar-refractivity contribution in [2.45, 2.75) is 19.1 Å². The van der Waals surface area contributed by atoms with Crippen molar-refractivity contribution < 1.29 is 23.7 Å². The van der Waals surface area contributed by atoms with Gasteiger partial charge in [-0.1, -0.05) is 18.2 Å². The Morgan fingerprint density at radius 3 is 2.47 bits per heavy atom. The lowest BCUT2D eigenvalue weighted by Crippen LogP contribution is -2.24. The fourth-order valence-electron chi connectivity index (χ4n) is 3.62. The number of methoxy groups -OCH3 is 2. The highest BCUT2D eigenvalue weighted by Gasteiger charge is 2.16. The second kappa shape index (κ2) is 9.70. The first-order valence-corrected chi connectivity index (χ1v) is 10.3. The van der Waals surface area contributed by atoms with Crippen LogP contribution in [-0.4, -0.2) is 41.6 Å². The summed E-state index contributed by atoms with van der Waals surface area (Å²) in [4.78, 5) is 4.78. The first kappa shape index (κ1) is 21.6. The number of ether oxygens (including phenoxy) is 3. The van der Waals surface area contributed by atoms with Crippen LogP contribution >= 0.6 is 0 Å². The molecule has 4 aromatic rings. The molecule has 0 aliphatic heterocycles. The average molecular weight is 436 g/mol. The van der Waals surface area contributed by atoms with Crippen molar-refractivity contribution in [3.05, 3.63) is 83.9 Å². The van der Waals surface area contributed by atoms with Crippen LogP contribution < -0.4 is 14.2 Å². The van der Waals surface area contributed by atoms with E-state index in [0.717, 1.165) is 22.4 Å². The van der Waals surface area contributed by atoms with E-state index in [1.807, 2.05) is 47.0 Å². The maximum absolute atomic E-state index is 13.1. The smallest absolute Gasteiger partial charge is 0.161 e. The van der Waals surface area contributed by atoms with Gasteiger partial charge in [0.25, 0.3) is 0 Å². The largest absolute Gasteiger partial charge is 0.493 e. The highest BCUT2D eigenvalue weighted by Crippen LogP contribution is 2.29. The van der Waals surface area contributed by atoms with Gasteiger partial charge in [0.15, 0.2) is 11.5 Å². The lowest BCUT2D eigenvalue weighted by molar-refractivity contribution is 0.0927. The third kappa shape index (κ3) is 4.84. The Hall–Kier alpha value is -3.58. The number of aromatic nitrogens is 2. The summed E-state index contributed by atoms with van der Waals surface area (Å²) >= 11 is 0. The van der Waals surface area contributed by atoms with E-state index in [4.69, 9.17) is 19.2 Å². The molecular formula is C25H25FN2O4. The van der Waals surface area contributed by atoms with Gasteiger partial charge in [0, 0.05) is 6.42 Å². The van der Waals surface area contributed by atoms with Gasteiger partial charge < -0.3 is 23.9 Å². The highest BCUT2D eigenvalue weighted by molar-refractivity contribution is 5.76. The zero-order valence-electron chi connectivity index (χ0n) is 18.0. The normalized spacial score (nSPS) is 12.0. The van der Waals surface area contributed by atoms with Crippen LogP contribution in [0.5, 0.6) is 17.2 Å². The lowest BCUT2D eigenvalue weighted by atomic mass is 10.1. The molecule has 3 aromatic carbocycles. The van der Waals surface area contributed by atoms with Gasteiger partial charge >= 0.3 is 0 Å². The summed E-state index contributed by atoms with van der Waals surface area (Å²) in [5.74, 6) is 2.31. The van der Waals surface area contributed by atoms with Crippen molar-refractivity contribution in [3.63, 3.8) is 0 Å². The van der Waals surface area contributed by atoms with Gasteiger partial charge in [0.1, 0.15) is 30.1 Å². The number of hydrogen-bond donors (Lipinski definition) is 1. The third-order valence-electron chi connectivity index (χ3n) is 5.19. The fraction of sp³-hybridized carbons (Fsp3) is 0.240. The van der Waals surface area contributed by atoms with Gasteiger partial charge in [-0.05, 0) is 54.1 Å². The Kier molecular flexibility index (Phi) is 6.56. The molecule has 1 heterocycles. The van der Waals surface area contributed by atoms with E-state index < -0.39 is 6.10 Å². The van der Waals surface area contributed by atoms with Gasteiger partial charge in [0.05, 0.1) is 31.8 Å². The molecule has 7 heteroatoms. The summed E-state index contributed by atoms with van der Waals surface area (Å²) in [6, 6.07) is 19.3. The van der Waals surface area contributed by atoms with E-state index in [9.17, 15) is 9.50 Å². The molecule has 0 fully saturated rings. The monoisotopic (exact) mass is 436 g/mol. The molecule has 0 saturated carbocycles. The summed E-state index contributed by atoms with van der Waals surface area (Å²) < 4.78 is 31.4. The molecule has 0 aliphatic rings. The second-order valence-electron chi connectivity index (χ2n) is 7.41. The molecule has 0 amide bonds. The lowest BCUT2D eigenvalue weighted by Gasteiger charge is -2.16. The predicted octanol–water partition coefficient (Wildman–Crippen LogP) is 4.22. The molecule has 1 N–H and O–H groups in total. The van der Waals surface area contributed by atoms with E-state index in [2.05, 4.69) is 0 Å². The molecule has 0 saturated heterocycles. The van der Waals surface area contributed by atoms with Crippen LogP contribution in [-0.2, 0) is 13.0 Å². The average Bonchev–Trinajstić information content (AvgIpc) is 3.15. The quantitative estimate of drug-likeness (QED) is 0.426. The Morgan fingerprint density at radius 1 is 0.969 bits per heavy atom. The van der Waals surface area contributed by atoms with E-state index in [0.29, 0.717) is 30.2 Å². The van der Waals surface area contributed by atoms with Crippen molar-refractivity contribution in [1.29, 1.82) is 0 Å². The molecule has 6 nitrogen and oxygen atoms in total. The second-order valence-corrected chi connectivity index (χ2v) is 7.41. The van der Waals surface area contributed by atoms with Crippen molar-refractivity contribution in [1.82, 2.24) is 9.55 Å². The molecule has 166 valence electrons. The van der Waals surface area contributed by atoms with Crippen LogP contribution in [0.25, 0.3) is 11.0 Å². The minimum atomic E-state index is -0.776. The Morgan fingerprint density at radius 2 is 1.72 bits per heavy atom. The van der Waals surface area contributed by atoms with Gasteiger partial charge in [-0.25, -0.2) is 9.37 Å². The van der Waals surface area contributed by atoms with Crippen LogP contribution in [0.1, 0.15) is 11.4 Å². The number of nitrogens with zero attached hydrogens (tertiary/aromatic N) is 2. The maximum Gasteiger partial charge on any atom is 0.161 e. The number of aliphatic hydroxyl groups is 1. The minimum Gasteiger partial charge on any atom is -0.493 e. The van der Waals surface area contributed by atoms with Crippen molar-refractivity contribution >= 4 is 11.0 Å². The van der Waals surface area contributed by atoms with E-state index in [1.165, 1.54) is 24.3 Å². The van der Waals surface area contributed by atoms with E-state index in [-0.39, 0.29) is 12.4 Å². The molecule has 0 radical (unpaired) electrons. The van der Waals surface area contributed by atoms with Gasteiger partial charge in [-0.2, -0.15) is 0 Å². The first-order valence-electron chi connectivity index (χ1n) is 10.3. The van der Waals surface area contributed by atoms with Crippen molar-refractivity contribution in [2.24, 2.45) is 0 Å². The van der Waals surface area contributed by atoms with Crippen LogP contribution in [0.3, 0.4) is 0 Å². The number of rotatable bonds is 9. The topological polar surface area (TPSA) is 65.7 Å². The number of hydrogen-bond acceptors (Lipinski definition) is 5. The first-order chi connectivity index (χ1) is 15.6. The summed E-state index contributed by atoms with van der Waals surface area (Å²) in [5, 5.41) is 10.7. The molecule has 0 aliphatic carbocycles. The molecular weight excluding hydrogens is 411 g/mol. The number of para-hydroxylation sites is 2. The zero-order chi connectivity index (χ0) is 22.5. The predicted molar refractivity (Wildman–Crippen MR) is 120 cm³/mol. The Labute approximate surface area is 185 Å². The molecule has 0 spiro atoms. The van der Waals surface area contributed by atoms with Crippen molar-refractivity contribution in [2.75, 3.05) is 20.8 Å². The molecule has 1 atom stereocenters. The zero-order valence-corrected chi connectivity index (χ0v) is 18.0. The van der Waals surface area contributed by atoms with Crippen LogP contribution in [0.15, 0.2) is 66.7 Å². The van der Waals surface area contributed by atoms with Gasteiger partial charge in [-0.3, -0.25) is 0 Å². The van der Waals surface area contributed by atoms with Crippen molar-refractivity contribution in [3.8, 4) is 17.2 Å². The molecule has 1 aromatic heterocycles. The summed E-state index contributed by atoms with van der Waals surface area (Å²) in [7, 11) is 3.21. The number of imidazole rings is 1. The number of halogens is 1. The van der Waals surface area contributed by atoms with Gasteiger partial charge in [0.2, 0.25) is 0 Å². The third-order valence-corrected chi connectivity index (χ3v) is 5.19. The molecule has 0 bridgehead atoms. The summed E-state index contributed by atoms with van der Waals surface area (Å²) in [5.41, 5.74) is 2.80. The van der Waals surface area contributed by atoms with Crippen LogP contribution in [0.4, 0.5) is 4.39 Å². The maximum atomic E-state index is 13.1. The number of aliphatic hydroxyl groups excluding tert-OH is 1. The van der Waals surface area contributed by atoms with Crippen LogP contribution in [0.2, 0.25) is 0 Å². The molecule has 1 unspecified atom stereocenters. The number of benzene rings is 3. The highest BCUT2D eigenvalue weighted by atomic mass is 19.1. The van der Waals surface area contributed by atoms with Crippen LogP contribution in [0, 0.1) is 5.82 Å². The standard InChI is InChI=1S/C25H25FN2O4/c1-30-23-12-7-17(13-24(23)31-2)14-25-27-21-5-3-4-6-22(21)28(25)15-19(29)16-32-20-10-8-18(26)9-11-20/h3-13,19,29H,14-16H2,1-2H3. The molecule has 4 rings (SSSR count). The Bertz CT molecular complexity index is 1190. The Balaban J connectivity index is 1.55. The van der Waals surface area contributed by atoms with Gasteiger partial charge in [-0.15, -0.1) is 0 Å². The summed E-state index contributed by atoms with van der Waals surface area (Å²) in [6.07, 6.45) is -0.220. The fourth-order valence-corrected chi connectivity index (χ4v) is 3.62. The van der Waals surface area contributed by atoms with E-state index in [1.54, 1.807) is 14.2 Å². The SMILES string of the molecule is COc1ccc(Cc2nc3ccccc3n2CC(O)COc2ccc(F)cc2)cc1OC. The summed E-state index contributed by atoms with van der Waals surface area (Å²) in [6.45, 7) is 0.387. The molecule has 32 heavy (non-hydrogen) atoms. The minimum absolute atomic E-state index is 0.0773.